The van der Waals surface area contributed by atoms with E-state index in [0.29, 0.717) is 6.42 Å². The summed E-state index contributed by atoms with van der Waals surface area (Å²) in [6, 6.07) is 8.07. The molecule has 2 heterocycles. The minimum atomic E-state index is -3.02. The van der Waals surface area contributed by atoms with Crippen molar-refractivity contribution in [3.8, 4) is 0 Å². The van der Waals surface area contributed by atoms with Crippen LogP contribution in [0.15, 0.2) is 24.3 Å². The van der Waals surface area contributed by atoms with E-state index in [0.717, 1.165) is 18.5 Å². The fraction of sp³-hybridized carbons (Fsp3) is 0.533. The highest BCUT2D eigenvalue weighted by Gasteiger charge is 2.38. The molecule has 3 rings (SSSR count). The number of amides is 1. The zero-order valence-corrected chi connectivity index (χ0v) is 12.4. The van der Waals surface area contributed by atoms with Gasteiger partial charge in [-0.2, -0.15) is 0 Å². The number of sulfone groups is 1. The Morgan fingerprint density at radius 3 is 2.70 bits per heavy atom. The van der Waals surface area contributed by atoms with Gasteiger partial charge >= 0.3 is 0 Å². The van der Waals surface area contributed by atoms with Crippen molar-refractivity contribution in [3.05, 3.63) is 29.8 Å². The first kappa shape index (κ1) is 13.6. The van der Waals surface area contributed by atoms with Gasteiger partial charge < -0.3 is 4.90 Å². The van der Waals surface area contributed by atoms with Gasteiger partial charge in [-0.15, -0.1) is 0 Å². The van der Waals surface area contributed by atoms with Crippen LogP contribution in [0.1, 0.15) is 25.3 Å². The molecule has 1 aromatic rings. The molecule has 1 fully saturated rings. The molecule has 0 N–H and O–H groups in total. The lowest BCUT2D eigenvalue weighted by Gasteiger charge is -2.36. The van der Waals surface area contributed by atoms with Crippen LogP contribution in [0.3, 0.4) is 0 Å². The Hall–Kier alpha value is -1.36. The predicted octanol–water partition coefficient (Wildman–Crippen LogP) is 1.79. The summed E-state index contributed by atoms with van der Waals surface area (Å²) in [4.78, 5) is 14.5. The van der Waals surface area contributed by atoms with E-state index < -0.39 is 9.84 Å². The molecule has 0 unspecified atom stereocenters. The number of nitrogens with zero attached hydrogens (tertiary/aromatic N) is 1. The zero-order valence-electron chi connectivity index (χ0n) is 11.6. The molecule has 0 spiro atoms. The first-order chi connectivity index (χ1) is 9.48. The van der Waals surface area contributed by atoms with Crippen molar-refractivity contribution in [2.24, 2.45) is 5.92 Å². The molecule has 1 saturated heterocycles. The molecule has 4 nitrogen and oxygen atoms in total. The molecule has 0 bridgehead atoms. The summed E-state index contributed by atoms with van der Waals surface area (Å²) in [6.45, 7) is 2.04. The quantitative estimate of drug-likeness (QED) is 0.793. The molecule has 2 aliphatic rings. The molecule has 1 aromatic carbocycles. The first-order valence-corrected chi connectivity index (χ1v) is 8.91. The van der Waals surface area contributed by atoms with Crippen molar-refractivity contribution < 1.29 is 13.2 Å². The van der Waals surface area contributed by atoms with Crippen molar-refractivity contribution >= 4 is 21.4 Å². The van der Waals surface area contributed by atoms with Crippen molar-refractivity contribution in [2.75, 3.05) is 16.4 Å². The van der Waals surface area contributed by atoms with Crippen molar-refractivity contribution in [2.45, 2.75) is 32.2 Å². The van der Waals surface area contributed by atoms with E-state index in [2.05, 4.69) is 0 Å². The van der Waals surface area contributed by atoms with E-state index in [-0.39, 0.29) is 29.4 Å². The molecule has 1 amide bonds. The highest BCUT2D eigenvalue weighted by molar-refractivity contribution is 7.91. The van der Waals surface area contributed by atoms with Gasteiger partial charge in [-0.3, -0.25) is 4.79 Å². The Bertz CT molecular complexity index is 638. The van der Waals surface area contributed by atoms with Gasteiger partial charge in [0.1, 0.15) is 0 Å². The number of rotatable bonds is 1. The number of aryl methyl sites for hydroxylation is 1. The van der Waals surface area contributed by atoms with Gasteiger partial charge in [0.2, 0.25) is 5.91 Å². The van der Waals surface area contributed by atoms with Crippen LogP contribution in [0.2, 0.25) is 0 Å². The molecular formula is C15H19NO3S. The third kappa shape index (κ3) is 2.35. The summed E-state index contributed by atoms with van der Waals surface area (Å²) in [5.41, 5.74) is 2.14. The number of hydrogen-bond acceptors (Lipinski definition) is 3. The van der Waals surface area contributed by atoms with E-state index in [9.17, 15) is 13.2 Å². The molecule has 0 aromatic heterocycles. The van der Waals surface area contributed by atoms with Crippen LogP contribution >= 0.6 is 0 Å². The van der Waals surface area contributed by atoms with Crippen LogP contribution in [0.5, 0.6) is 0 Å². The standard InChI is InChI=1S/C15H19NO3S/c1-11-6-7-12-4-2-3-5-14(12)16(11)15(17)13-8-9-20(18,19)10-13/h2-5,11,13H,6-10H2,1H3/t11-,13-/m1/s1. The van der Waals surface area contributed by atoms with Gasteiger partial charge in [-0.05, 0) is 37.8 Å². The summed E-state index contributed by atoms with van der Waals surface area (Å²) < 4.78 is 23.2. The maximum atomic E-state index is 12.7. The lowest BCUT2D eigenvalue weighted by molar-refractivity contribution is -0.122. The van der Waals surface area contributed by atoms with Crippen LogP contribution in [-0.4, -0.2) is 31.9 Å². The summed E-state index contributed by atoms with van der Waals surface area (Å²) in [6.07, 6.45) is 2.37. The minimum absolute atomic E-state index is 0.0111. The number of hydrogen-bond donors (Lipinski definition) is 0. The third-order valence-corrected chi connectivity index (χ3v) is 6.11. The molecule has 0 aliphatic carbocycles. The Morgan fingerprint density at radius 1 is 1.25 bits per heavy atom. The number of para-hydroxylation sites is 1. The fourth-order valence-electron chi connectivity index (χ4n) is 3.21. The van der Waals surface area contributed by atoms with Gasteiger partial charge in [0, 0.05) is 11.7 Å². The molecular weight excluding hydrogens is 274 g/mol. The molecule has 20 heavy (non-hydrogen) atoms. The maximum absolute atomic E-state index is 12.7. The van der Waals surface area contributed by atoms with E-state index >= 15 is 0 Å². The Morgan fingerprint density at radius 2 is 2.00 bits per heavy atom. The van der Waals surface area contributed by atoms with Crippen molar-refractivity contribution in [3.63, 3.8) is 0 Å². The summed E-state index contributed by atoms with van der Waals surface area (Å²) in [7, 11) is -3.02. The highest BCUT2D eigenvalue weighted by Crippen LogP contribution is 2.33. The van der Waals surface area contributed by atoms with Crippen LogP contribution in [0.25, 0.3) is 0 Å². The molecule has 0 saturated carbocycles. The van der Waals surface area contributed by atoms with E-state index in [4.69, 9.17) is 0 Å². The monoisotopic (exact) mass is 293 g/mol. The topological polar surface area (TPSA) is 54.5 Å². The number of benzene rings is 1. The average molecular weight is 293 g/mol. The Kier molecular flexibility index (Phi) is 3.32. The second-order valence-electron chi connectivity index (χ2n) is 5.82. The molecule has 2 aliphatic heterocycles. The summed E-state index contributed by atoms with van der Waals surface area (Å²) >= 11 is 0. The van der Waals surface area contributed by atoms with Gasteiger partial charge in [0.05, 0.1) is 17.4 Å². The zero-order chi connectivity index (χ0) is 14.3. The van der Waals surface area contributed by atoms with Crippen LogP contribution in [0, 0.1) is 5.92 Å². The number of fused-ring (bicyclic) bond motifs is 1. The number of anilines is 1. The van der Waals surface area contributed by atoms with Gasteiger partial charge in [0.25, 0.3) is 0 Å². The van der Waals surface area contributed by atoms with Crippen molar-refractivity contribution in [1.29, 1.82) is 0 Å². The number of carbonyl (C=O) groups is 1. The molecule has 5 heteroatoms. The highest BCUT2D eigenvalue weighted by atomic mass is 32.2. The molecule has 2 atom stereocenters. The van der Waals surface area contributed by atoms with E-state index in [1.165, 1.54) is 5.56 Å². The SMILES string of the molecule is C[C@@H]1CCc2ccccc2N1C(=O)[C@@H]1CCS(=O)(=O)C1. The lowest BCUT2D eigenvalue weighted by Crippen LogP contribution is -2.45. The van der Waals surface area contributed by atoms with Gasteiger partial charge in [-0.25, -0.2) is 8.42 Å². The molecule has 0 radical (unpaired) electrons. The third-order valence-electron chi connectivity index (χ3n) is 4.34. The summed E-state index contributed by atoms with van der Waals surface area (Å²) in [5.74, 6) is -0.232. The first-order valence-electron chi connectivity index (χ1n) is 7.09. The average Bonchev–Trinajstić information content (AvgIpc) is 2.78. The summed E-state index contributed by atoms with van der Waals surface area (Å²) in [5, 5.41) is 0. The smallest absolute Gasteiger partial charge is 0.231 e. The normalized spacial score (nSPS) is 28.1. The second-order valence-corrected chi connectivity index (χ2v) is 8.05. The minimum Gasteiger partial charge on any atom is -0.309 e. The second kappa shape index (κ2) is 4.88. The Balaban J connectivity index is 1.91. The van der Waals surface area contributed by atoms with Crippen LogP contribution in [0.4, 0.5) is 5.69 Å². The van der Waals surface area contributed by atoms with E-state index in [1.54, 1.807) is 0 Å². The van der Waals surface area contributed by atoms with Crippen LogP contribution < -0.4 is 4.90 Å². The molecule has 108 valence electrons. The van der Waals surface area contributed by atoms with Crippen LogP contribution in [-0.2, 0) is 21.1 Å². The van der Waals surface area contributed by atoms with E-state index in [1.807, 2.05) is 36.1 Å². The Labute approximate surface area is 119 Å². The predicted molar refractivity (Wildman–Crippen MR) is 78.5 cm³/mol. The van der Waals surface area contributed by atoms with Crippen molar-refractivity contribution in [1.82, 2.24) is 0 Å². The number of carbonyl (C=O) groups excluding carboxylic acids is 1. The maximum Gasteiger partial charge on any atom is 0.231 e. The largest absolute Gasteiger partial charge is 0.309 e. The fourth-order valence-corrected chi connectivity index (χ4v) is 4.94. The van der Waals surface area contributed by atoms with Gasteiger partial charge in [0.15, 0.2) is 9.84 Å². The van der Waals surface area contributed by atoms with Gasteiger partial charge in [-0.1, -0.05) is 18.2 Å². The lowest BCUT2D eigenvalue weighted by atomic mass is 9.94.